The summed E-state index contributed by atoms with van der Waals surface area (Å²) in [5.74, 6) is 1.04. The average Bonchev–Trinajstić information content (AvgIpc) is 2.46. The van der Waals surface area contributed by atoms with Gasteiger partial charge in [0.2, 0.25) is 5.88 Å². The molecule has 1 fully saturated rings. The van der Waals surface area contributed by atoms with Gasteiger partial charge in [-0.1, -0.05) is 6.92 Å². The third-order valence-corrected chi connectivity index (χ3v) is 3.27. The number of rotatable bonds is 5. The lowest BCUT2D eigenvalue weighted by Crippen LogP contribution is -2.34. The number of hydrogen-bond acceptors (Lipinski definition) is 5. The zero-order valence-corrected chi connectivity index (χ0v) is 11.1. The highest BCUT2D eigenvalue weighted by atomic mass is 16.5. The Morgan fingerprint density at radius 3 is 3.00 bits per heavy atom. The monoisotopic (exact) mass is 251 g/mol. The number of nitrogens with zero attached hydrogens (tertiary/aromatic N) is 2. The Balaban J connectivity index is 2.22. The van der Waals surface area contributed by atoms with Crippen LogP contribution in [0.1, 0.15) is 31.5 Å². The zero-order valence-electron chi connectivity index (χ0n) is 11.1. The Labute approximate surface area is 108 Å². The minimum absolute atomic E-state index is 0.152. The summed E-state index contributed by atoms with van der Waals surface area (Å²) in [7, 11) is 1.63. The Morgan fingerprint density at radius 1 is 1.50 bits per heavy atom. The lowest BCUT2D eigenvalue weighted by molar-refractivity contribution is 0.0381. The van der Waals surface area contributed by atoms with Gasteiger partial charge in [-0.15, -0.1) is 0 Å². The molecule has 2 rings (SSSR count). The second kappa shape index (κ2) is 6.66. The van der Waals surface area contributed by atoms with E-state index in [2.05, 4.69) is 22.2 Å². The van der Waals surface area contributed by atoms with Gasteiger partial charge in [-0.25, -0.2) is 4.98 Å². The Kier molecular flexibility index (Phi) is 4.90. The van der Waals surface area contributed by atoms with Crippen LogP contribution < -0.4 is 10.1 Å². The van der Waals surface area contributed by atoms with Gasteiger partial charge >= 0.3 is 0 Å². The van der Waals surface area contributed by atoms with E-state index in [4.69, 9.17) is 9.47 Å². The van der Waals surface area contributed by atoms with E-state index in [1.54, 1.807) is 19.5 Å². The highest BCUT2D eigenvalue weighted by Gasteiger charge is 2.28. The standard InChI is InChI=1S/C13H21N3O2/c1-3-14-11(10-5-4-8-18-9-10)12-13(17-2)16-7-6-15-12/h6-7,10-11,14H,3-5,8-9H2,1-2H3. The van der Waals surface area contributed by atoms with Gasteiger partial charge in [0.15, 0.2) is 0 Å². The van der Waals surface area contributed by atoms with Crippen LogP contribution in [-0.2, 0) is 4.74 Å². The SMILES string of the molecule is CCNC(c1nccnc1OC)C1CCCOC1. The van der Waals surface area contributed by atoms with Crippen molar-refractivity contribution in [2.24, 2.45) is 5.92 Å². The summed E-state index contributed by atoms with van der Waals surface area (Å²) >= 11 is 0. The van der Waals surface area contributed by atoms with Crippen LogP contribution in [0.25, 0.3) is 0 Å². The molecule has 0 spiro atoms. The predicted octanol–water partition coefficient (Wildman–Crippen LogP) is 1.56. The van der Waals surface area contributed by atoms with Crippen molar-refractivity contribution in [2.45, 2.75) is 25.8 Å². The summed E-state index contributed by atoms with van der Waals surface area (Å²) in [5, 5.41) is 3.48. The molecule has 2 unspecified atom stereocenters. The molecule has 1 aliphatic heterocycles. The van der Waals surface area contributed by atoms with Crippen LogP contribution in [0, 0.1) is 5.92 Å². The maximum absolute atomic E-state index is 5.58. The van der Waals surface area contributed by atoms with Crippen LogP contribution in [0.5, 0.6) is 5.88 Å². The van der Waals surface area contributed by atoms with Gasteiger partial charge in [-0.05, 0) is 19.4 Å². The molecule has 1 aromatic rings. The van der Waals surface area contributed by atoms with Crippen LogP contribution in [0.2, 0.25) is 0 Å². The first-order chi connectivity index (χ1) is 8.86. The molecule has 100 valence electrons. The summed E-state index contributed by atoms with van der Waals surface area (Å²) in [6, 6.07) is 0.152. The first-order valence-electron chi connectivity index (χ1n) is 6.52. The summed E-state index contributed by atoms with van der Waals surface area (Å²) in [6.07, 6.45) is 5.63. The highest BCUT2D eigenvalue weighted by Crippen LogP contribution is 2.31. The summed E-state index contributed by atoms with van der Waals surface area (Å²) in [4.78, 5) is 8.67. The molecular weight excluding hydrogens is 230 g/mol. The van der Waals surface area contributed by atoms with Gasteiger partial charge < -0.3 is 14.8 Å². The largest absolute Gasteiger partial charge is 0.480 e. The summed E-state index contributed by atoms with van der Waals surface area (Å²) < 4.78 is 10.9. The van der Waals surface area contributed by atoms with Crippen molar-refractivity contribution in [1.29, 1.82) is 0 Å². The molecule has 0 bridgehead atoms. The van der Waals surface area contributed by atoms with Crippen LogP contribution in [0.3, 0.4) is 0 Å². The third kappa shape index (κ3) is 2.97. The number of nitrogens with one attached hydrogen (secondary N) is 1. The summed E-state index contributed by atoms with van der Waals surface area (Å²) in [6.45, 7) is 4.63. The summed E-state index contributed by atoms with van der Waals surface area (Å²) in [5.41, 5.74) is 0.886. The second-order valence-corrected chi connectivity index (χ2v) is 4.46. The lowest BCUT2D eigenvalue weighted by atomic mass is 9.91. The van der Waals surface area contributed by atoms with Crippen molar-refractivity contribution >= 4 is 0 Å². The molecule has 0 amide bonds. The average molecular weight is 251 g/mol. The minimum atomic E-state index is 0.152. The molecule has 0 saturated carbocycles. The van der Waals surface area contributed by atoms with Gasteiger partial charge in [0.05, 0.1) is 19.8 Å². The van der Waals surface area contributed by atoms with Crippen LogP contribution in [-0.4, -0.2) is 36.8 Å². The molecule has 1 aliphatic rings. The molecular formula is C13H21N3O2. The third-order valence-electron chi connectivity index (χ3n) is 3.27. The van der Waals surface area contributed by atoms with Crippen molar-refractivity contribution < 1.29 is 9.47 Å². The van der Waals surface area contributed by atoms with E-state index in [-0.39, 0.29) is 6.04 Å². The molecule has 0 aromatic carbocycles. The molecule has 0 aliphatic carbocycles. The zero-order chi connectivity index (χ0) is 12.8. The van der Waals surface area contributed by atoms with Crippen molar-refractivity contribution in [3.05, 3.63) is 18.1 Å². The smallest absolute Gasteiger partial charge is 0.237 e. The minimum Gasteiger partial charge on any atom is -0.480 e. The van der Waals surface area contributed by atoms with Crippen LogP contribution in [0.4, 0.5) is 0 Å². The van der Waals surface area contributed by atoms with Crippen molar-refractivity contribution in [1.82, 2.24) is 15.3 Å². The van der Waals surface area contributed by atoms with E-state index in [0.29, 0.717) is 11.8 Å². The Morgan fingerprint density at radius 2 is 2.33 bits per heavy atom. The van der Waals surface area contributed by atoms with Gasteiger partial charge in [-0.2, -0.15) is 0 Å². The van der Waals surface area contributed by atoms with Gasteiger partial charge in [-0.3, -0.25) is 4.98 Å². The molecule has 1 N–H and O–H groups in total. The predicted molar refractivity (Wildman–Crippen MR) is 68.5 cm³/mol. The van der Waals surface area contributed by atoms with E-state index >= 15 is 0 Å². The fourth-order valence-corrected chi connectivity index (χ4v) is 2.44. The fraction of sp³-hybridized carbons (Fsp3) is 0.692. The Bertz CT molecular complexity index is 367. The van der Waals surface area contributed by atoms with E-state index in [0.717, 1.165) is 38.3 Å². The molecule has 5 heteroatoms. The van der Waals surface area contributed by atoms with Gasteiger partial charge in [0.1, 0.15) is 5.69 Å². The van der Waals surface area contributed by atoms with E-state index in [1.807, 2.05) is 0 Å². The normalized spacial score (nSPS) is 21.6. The number of aromatic nitrogens is 2. The second-order valence-electron chi connectivity index (χ2n) is 4.46. The maximum atomic E-state index is 5.58. The lowest BCUT2D eigenvalue weighted by Gasteiger charge is -2.30. The maximum Gasteiger partial charge on any atom is 0.237 e. The van der Waals surface area contributed by atoms with Crippen molar-refractivity contribution in [2.75, 3.05) is 26.9 Å². The first kappa shape index (κ1) is 13.2. The topological polar surface area (TPSA) is 56.3 Å². The molecule has 2 heterocycles. The number of ether oxygens (including phenoxy) is 2. The van der Waals surface area contributed by atoms with Crippen molar-refractivity contribution in [3.8, 4) is 5.88 Å². The highest BCUT2D eigenvalue weighted by molar-refractivity contribution is 5.22. The molecule has 1 saturated heterocycles. The Hall–Kier alpha value is -1.20. The molecule has 0 radical (unpaired) electrons. The molecule has 1 aromatic heterocycles. The number of hydrogen-bond donors (Lipinski definition) is 1. The van der Waals surface area contributed by atoms with E-state index in [1.165, 1.54) is 0 Å². The van der Waals surface area contributed by atoms with Gasteiger partial charge in [0, 0.05) is 24.9 Å². The number of methoxy groups -OCH3 is 1. The molecule has 2 atom stereocenters. The van der Waals surface area contributed by atoms with Crippen LogP contribution >= 0.6 is 0 Å². The van der Waals surface area contributed by atoms with E-state index < -0.39 is 0 Å². The van der Waals surface area contributed by atoms with Crippen LogP contribution in [0.15, 0.2) is 12.4 Å². The first-order valence-corrected chi connectivity index (χ1v) is 6.52. The van der Waals surface area contributed by atoms with E-state index in [9.17, 15) is 0 Å². The van der Waals surface area contributed by atoms with Gasteiger partial charge in [0.25, 0.3) is 0 Å². The quantitative estimate of drug-likeness (QED) is 0.860. The van der Waals surface area contributed by atoms with Crippen molar-refractivity contribution in [3.63, 3.8) is 0 Å². The molecule has 18 heavy (non-hydrogen) atoms. The fourth-order valence-electron chi connectivity index (χ4n) is 2.44. The molecule has 5 nitrogen and oxygen atoms in total.